The molecule has 4 nitrogen and oxygen atoms in total. The van der Waals surface area contributed by atoms with Crippen LogP contribution in [0.5, 0.6) is 5.75 Å². The van der Waals surface area contributed by atoms with Crippen molar-refractivity contribution in [3.63, 3.8) is 0 Å². The van der Waals surface area contributed by atoms with Gasteiger partial charge in [-0.25, -0.2) is 4.98 Å². The quantitative estimate of drug-likeness (QED) is 0.363. The second-order valence-electron chi connectivity index (χ2n) is 7.94. The van der Waals surface area contributed by atoms with Gasteiger partial charge in [-0.2, -0.15) is 0 Å². The Morgan fingerprint density at radius 2 is 1.70 bits per heavy atom. The number of fused-ring (bicyclic) bond motifs is 1. The van der Waals surface area contributed by atoms with Crippen LogP contribution in [0.15, 0.2) is 54.6 Å². The summed E-state index contributed by atoms with van der Waals surface area (Å²) < 4.78 is 5.28. The van der Waals surface area contributed by atoms with Crippen molar-refractivity contribution in [3.05, 3.63) is 54.6 Å². The topological polar surface area (TPSA) is 37.4 Å². The van der Waals surface area contributed by atoms with Crippen molar-refractivity contribution >= 4 is 16.6 Å². The fraction of sp³-hybridized carbons (Fsp3) is 0.423. The molecule has 0 radical (unpaired) electrons. The monoisotopic (exact) mass is 405 g/mol. The van der Waals surface area contributed by atoms with Crippen LogP contribution in [0.2, 0.25) is 0 Å². The van der Waals surface area contributed by atoms with Crippen LogP contribution in [-0.4, -0.2) is 43.7 Å². The molecule has 30 heavy (non-hydrogen) atoms. The fourth-order valence-electron chi connectivity index (χ4n) is 3.72. The molecule has 0 atom stereocenters. The van der Waals surface area contributed by atoms with E-state index in [0.717, 1.165) is 47.7 Å². The number of rotatable bonds is 12. The predicted octanol–water partition coefficient (Wildman–Crippen LogP) is 6.22. The van der Waals surface area contributed by atoms with Crippen molar-refractivity contribution in [1.29, 1.82) is 0 Å². The SMILES string of the molecule is CCCCCCN(C)CCCNc1cc(-c2ccc(OC)cc2)nc2ccccc12. The van der Waals surface area contributed by atoms with Gasteiger partial charge in [-0.3, -0.25) is 0 Å². The number of para-hydroxylation sites is 1. The highest BCUT2D eigenvalue weighted by Gasteiger charge is 2.08. The lowest BCUT2D eigenvalue weighted by molar-refractivity contribution is 0.323. The Labute approximate surface area is 181 Å². The molecule has 0 saturated carbocycles. The molecular weight excluding hydrogens is 370 g/mol. The predicted molar refractivity (Wildman–Crippen MR) is 128 cm³/mol. The van der Waals surface area contributed by atoms with E-state index in [1.54, 1.807) is 7.11 Å². The molecule has 0 aliphatic carbocycles. The second-order valence-corrected chi connectivity index (χ2v) is 7.94. The summed E-state index contributed by atoms with van der Waals surface area (Å²) in [6, 6.07) is 18.6. The Bertz CT molecular complexity index is 908. The number of nitrogens with one attached hydrogen (secondary N) is 1. The number of unbranched alkanes of at least 4 members (excludes halogenated alkanes) is 3. The molecule has 0 saturated heterocycles. The van der Waals surface area contributed by atoms with Crippen molar-refractivity contribution < 1.29 is 4.74 Å². The number of pyridine rings is 1. The molecule has 0 unspecified atom stereocenters. The molecule has 2 aromatic carbocycles. The third-order valence-electron chi connectivity index (χ3n) is 5.53. The molecule has 0 aliphatic rings. The van der Waals surface area contributed by atoms with Gasteiger partial charge in [0.15, 0.2) is 0 Å². The van der Waals surface area contributed by atoms with Gasteiger partial charge in [0.2, 0.25) is 0 Å². The van der Waals surface area contributed by atoms with Gasteiger partial charge in [-0.1, -0.05) is 44.4 Å². The molecule has 3 aromatic rings. The average molecular weight is 406 g/mol. The van der Waals surface area contributed by atoms with Crippen LogP contribution in [0.25, 0.3) is 22.2 Å². The minimum Gasteiger partial charge on any atom is -0.497 e. The van der Waals surface area contributed by atoms with Crippen molar-refractivity contribution in [2.24, 2.45) is 0 Å². The van der Waals surface area contributed by atoms with Crippen LogP contribution in [0.3, 0.4) is 0 Å². The first kappa shape index (κ1) is 22.1. The number of ether oxygens (including phenoxy) is 1. The Morgan fingerprint density at radius 3 is 2.47 bits per heavy atom. The highest BCUT2D eigenvalue weighted by atomic mass is 16.5. The van der Waals surface area contributed by atoms with Gasteiger partial charge in [0.05, 0.1) is 18.3 Å². The van der Waals surface area contributed by atoms with E-state index in [1.807, 2.05) is 18.2 Å². The van der Waals surface area contributed by atoms with Crippen LogP contribution < -0.4 is 10.1 Å². The number of aromatic nitrogens is 1. The maximum absolute atomic E-state index is 5.28. The van der Waals surface area contributed by atoms with E-state index in [0.29, 0.717) is 0 Å². The standard InChI is InChI=1S/C26H35N3O/c1-4-5-6-9-18-29(2)19-10-17-27-26-20-25(21-13-15-22(30-3)16-14-21)28-24-12-8-7-11-23(24)26/h7-8,11-16,20H,4-6,9-10,17-19H2,1-3H3,(H,27,28). The van der Waals surface area contributed by atoms with Gasteiger partial charge in [-0.05, 0) is 69.4 Å². The van der Waals surface area contributed by atoms with Crippen molar-refractivity contribution in [3.8, 4) is 17.0 Å². The summed E-state index contributed by atoms with van der Waals surface area (Å²) in [5.74, 6) is 0.858. The van der Waals surface area contributed by atoms with Crippen molar-refractivity contribution in [2.45, 2.75) is 39.0 Å². The normalized spacial score (nSPS) is 11.2. The van der Waals surface area contributed by atoms with Crippen molar-refractivity contribution in [2.75, 3.05) is 39.1 Å². The molecule has 0 bridgehead atoms. The number of hydrogen-bond acceptors (Lipinski definition) is 4. The van der Waals surface area contributed by atoms with Gasteiger partial charge in [0.25, 0.3) is 0 Å². The summed E-state index contributed by atoms with van der Waals surface area (Å²) in [4.78, 5) is 7.33. The summed E-state index contributed by atoms with van der Waals surface area (Å²) >= 11 is 0. The smallest absolute Gasteiger partial charge is 0.118 e. The number of benzene rings is 2. The molecule has 0 fully saturated rings. The number of hydrogen-bond donors (Lipinski definition) is 1. The van der Waals surface area contributed by atoms with Gasteiger partial charge in [0.1, 0.15) is 5.75 Å². The lowest BCUT2D eigenvalue weighted by Gasteiger charge is -2.17. The second kappa shape index (κ2) is 11.6. The fourth-order valence-corrected chi connectivity index (χ4v) is 3.72. The summed E-state index contributed by atoms with van der Waals surface area (Å²) in [6.07, 6.45) is 6.42. The zero-order valence-corrected chi connectivity index (χ0v) is 18.7. The molecule has 1 N–H and O–H groups in total. The Hall–Kier alpha value is -2.59. The Kier molecular flexibility index (Phi) is 8.52. The molecule has 0 amide bonds. The number of nitrogens with zero attached hydrogens (tertiary/aromatic N) is 2. The number of methoxy groups -OCH3 is 1. The zero-order valence-electron chi connectivity index (χ0n) is 18.7. The molecule has 160 valence electrons. The average Bonchev–Trinajstić information content (AvgIpc) is 2.79. The maximum Gasteiger partial charge on any atom is 0.118 e. The molecular formula is C26H35N3O. The highest BCUT2D eigenvalue weighted by molar-refractivity contribution is 5.93. The zero-order chi connectivity index (χ0) is 21.2. The molecule has 1 heterocycles. The van der Waals surface area contributed by atoms with E-state index in [1.165, 1.54) is 37.6 Å². The first-order valence-electron chi connectivity index (χ1n) is 11.2. The first-order chi connectivity index (χ1) is 14.7. The van der Waals surface area contributed by atoms with Crippen LogP contribution in [0.1, 0.15) is 39.0 Å². The van der Waals surface area contributed by atoms with E-state index in [-0.39, 0.29) is 0 Å². The van der Waals surface area contributed by atoms with E-state index in [2.05, 4.69) is 60.6 Å². The number of anilines is 1. The summed E-state index contributed by atoms with van der Waals surface area (Å²) in [5.41, 5.74) is 4.24. The van der Waals surface area contributed by atoms with Crippen molar-refractivity contribution in [1.82, 2.24) is 9.88 Å². The lowest BCUT2D eigenvalue weighted by Crippen LogP contribution is -2.22. The highest BCUT2D eigenvalue weighted by Crippen LogP contribution is 2.29. The van der Waals surface area contributed by atoms with E-state index in [9.17, 15) is 0 Å². The van der Waals surface area contributed by atoms with Gasteiger partial charge < -0.3 is 15.0 Å². The maximum atomic E-state index is 5.28. The molecule has 0 spiro atoms. The van der Waals surface area contributed by atoms with Gasteiger partial charge in [0, 0.05) is 23.2 Å². The summed E-state index contributed by atoms with van der Waals surface area (Å²) in [6.45, 7) is 5.53. The van der Waals surface area contributed by atoms with Crippen LogP contribution >= 0.6 is 0 Å². The minimum absolute atomic E-state index is 0.858. The summed E-state index contributed by atoms with van der Waals surface area (Å²) in [5, 5.41) is 4.83. The molecule has 1 aromatic heterocycles. The third-order valence-corrected chi connectivity index (χ3v) is 5.53. The third kappa shape index (κ3) is 6.20. The largest absolute Gasteiger partial charge is 0.497 e. The van der Waals surface area contributed by atoms with E-state index >= 15 is 0 Å². The first-order valence-corrected chi connectivity index (χ1v) is 11.2. The van der Waals surface area contributed by atoms with Gasteiger partial charge >= 0.3 is 0 Å². The van der Waals surface area contributed by atoms with Crippen LogP contribution in [-0.2, 0) is 0 Å². The van der Waals surface area contributed by atoms with Crippen LogP contribution in [0, 0.1) is 0 Å². The summed E-state index contributed by atoms with van der Waals surface area (Å²) in [7, 11) is 3.92. The van der Waals surface area contributed by atoms with E-state index in [4.69, 9.17) is 9.72 Å². The van der Waals surface area contributed by atoms with Crippen LogP contribution in [0.4, 0.5) is 5.69 Å². The lowest BCUT2D eigenvalue weighted by atomic mass is 10.1. The molecule has 0 aliphatic heterocycles. The van der Waals surface area contributed by atoms with Gasteiger partial charge in [-0.15, -0.1) is 0 Å². The Balaban J connectivity index is 1.64. The minimum atomic E-state index is 0.858. The van der Waals surface area contributed by atoms with E-state index < -0.39 is 0 Å². The molecule has 4 heteroatoms. The Morgan fingerprint density at radius 1 is 0.933 bits per heavy atom. The molecule has 3 rings (SSSR count).